The Labute approximate surface area is 249 Å². The summed E-state index contributed by atoms with van der Waals surface area (Å²) in [6, 6.07) is 3.47. The Balaban J connectivity index is 2.97. The standard InChI is InChI=1S/C27H24Br4O6/c1-13(2)23(34)19-17(28)11-15(25(21(19)30)36-9-7-32)27(5,6)16-12-18(29)20(24(35)14(3)4)22(31)26(16)37-10-8-33/h7-8,11-12H,1,3,9-10H2,2,4-6H3. The summed E-state index contributed by atoms with van der Waals surface area (Å²) in [5.74, 6) is -0.0504. The second kappa shape index (κ2) is 12.8. The van der Waals surface area contributed by atoms with Gasteiger partial charge in [0.1, 0.15) is 24.7 Å². The highest BCUT2D eigenvalue weighted by Crippen LogP contribution is 2.50. The average molecular weight is 764 g/mol. The maximum atomic E-state index is 12.9. The van der Waals surface area contributed by atoms with Crippen molar-refractivity contribution in [3.05, 3.63) is 76.6 Å². The quantitative estimate of drug-likeness (QED) is 0.125. The molecule has 0 aliphatic heterocycles. The van der Waals surface area contributed by atoms with E-state index in [9.17, 15) is 19.2 Å². The molecule has 0 amide bonds. The number of carbonyl (C=O) groups excluding carboxylic acids is 4. The summed E-state index contributed by atoms with van der Waals surface area (Å²) in [5, 5.41) is 0. The molecular formula is C27H24Br4O6. The molecule has 0 atom stereocenters. The van der Waals surface area contributed by atoms with Gasteiger partial charge < -0.3 is 9.47 Å². The molecule has 37 heavy (non-hydrogen) atoms. The lowest BCUT2D eigenvalue weighted by Crippen LogP contribution is -2.24. The van der Waals surface area contributed by atoms with Gasteiger partial charge in [0.25, 0.3) is 0 Å². The van der Waals surface area contributed by atoms with E-state index in [1.807, 2.05) is 13.8 Å². The van der Waals surface area contributed by atoms with E-state index in [2.05, 4.69) is 76.9 Å². The number of allylic oxidation sites excluding steroid dienone is 2. The normalized spacial score (nSPS) is 11.0. The van der Waals surface area contributed by atoms with Gasteiger partial charge in [-0.25, -0.2) is 0 Å². The van der Waals surface area contributed by atoms with E-state index in [4.69, 9.17) is 9.47 Å². The summed E-state index contributed by atoms with van der Waals surface area (Å²) in [5.41, 5.74) is 1.54. The Hall–Kier alpha value is -1.88. The largest absolute Gasteiger partial charge is 0.485 e. The summed E-state index contributed by atoms with van der Waals surface area (Å²) in [6.45, 7) is 14.0. The summed E-state index contributed by atoms with van der Waals surface area (Å²) >= 11 is 14.0. The molecule has 0 saturated carbocycles. The fraction of sp³-hybridized carbons (Fsp3) is 0.259. The van der Waals surface area contributed by atoms with Crippen LogP contribution in [0.25, 0.3) is 0 Å². The maximum absolute atomic E-state index is 12.9. The molecule has 0 bridgehead atoms. The molecular weight excluding hydrogens is 740 g/mol. The molecule has 0 radical (unpaired) electrons. The van der Waals surface area contributed by atoms with Gasteiger partial charge in [0.05, 0.1) is 20.1 Å². The van der Waals surface area contributed by atoms with Crippen molar-refractivity contribution in [3.63, 3.8) is 0 Å². The maximum Gasteiger partial charge on any atom is 0.190 e. The third-order valence-corrected chi connectivity index (χ3v) is 8.28. The van der Waals surface area contributed by atoms with E-state index >= 15 is 0 Å². The minimum absolute atomic E-state index is 0.252. The first-order valence-corrected chi connectivity index (χ1v) is 14.0. The number of halogens is 4. The van der Waals surface area contributed by atoms with E-state index in [0.29, 0.717) is 63.9 Å². The van der Waals surface area contributed by atoms with Gasteiger partial charge in [0, 0.05) is 25.5 Å². The van der Waals surface area contributed by atoms with Crippen molar-refractivity contribution in [1.29, 1.82) is 0 Å². The van der Waals surface area contributed by atoms with Crippen molar-refractivity contribution in [2.75, 3.05) is 13.2 Å². The van der Waals surface area contributed by atoms with Crippen molar-refractivity contribution in [2.45, 2.75) is 33.1 Å². The van der Waals surface area contributed by atoms with E-state index in [1.165, 1.54) is 0 Å². The predicted molar refractivity (Wildman–Crippen MR) is 157 cm³/mol. The summed E-state index contributed by atoms with van der Waals surface area (Å²) in [4.78, 5) is 48.1. The molecule has 196 valence electrons. The lowest BCUT2D eigenvalue weighted by molar-refractivity contribution is -0.110. The van der Waals surface area contributed by atoms with Gasteiger partial charge in [-0.05, 0) is 101 Å². The summed E-state index contributed by atoms with van der Waals surface area (Å²) in [7, 11) is 0. The lowest BCUT2D eigenvalue weighted by Gasteiger charge is -2.32. The average Bonchev–Trinajstić information content (AvgIpc) is 2.81. The molecule has 0 aliphatic rings. The Morgan fingerprint density at radius 3 is 1.38 bits per heavy atom. The minimum Gasteiger partial charge on any atom is -0.485 e. The molecule has 10 heteroatoms. The number of ketones is 2. The highest BCUT2D eigenvalue weighted by Gasteiger charge is 2.36. The van der Waals surface area contributed by atoms with Gasteiger partial charge >= 0.3 is 0 Å². The zero-order chi connectivity index (χ0) is 28.2. The van der Waals surface area contributed by atoms with Crippen LogP contribution in [-0.4, -0.2) is 37.4 Å². The molecule has 2 aromatic rings. The molecule has 0 aliphatic carbocycles. The summed E-state index contributed by atoms with van der Waals surface area (Å²) in [6.07, 6.45) is 1.21. The number of hydrogen-bond acceptors (Lipinski definition) is 6. The number of Topliss-reactive ketones (excluding diaryl/α,β-unsaturated/α-hetero) is 2. The van der Waals surface area contributed by atoms with Gasteiger partial charge in [-0.3, -0.25) is 19.2 Å². The van der Waals surface area contributed by atoms with Crippen LogP contribution in [-0.2, 0) is 15.0 Å². The SMILES string of the molecule is C=C(C)C(=O)c1c(Br)cc(C(C)(C)c2cc(Br)c(C(=O)C(=C)C)c(Br)c2OCC=O)c(OCC=O)c1Br. The van der Waals surface area contributed by atoms with E-state index < -0.39 is 5.41 Å². The molecule has 0 aromatic heterocycles. The third kappa shape index (κ3) is 6.41. The minimum atomic E-state index is -0.901. The second-order valence-electron chi connectivity index (χ2n) is 8.65. The van der Waals surface area contributed by atoms with Crippen molar-refractivity contribution >= 4 is 87.9 Å². The molecule has 0 heterocycles. The Kier molecular flexibility index (Phi) is 10.8. The van der Waals surface area contributed by atoms with Crippen LogP contribution < -0.4 is 9.47 Å². The van der Waals surface area contributed by atoms with Crippen molar-refractivity contribution in [2.24, 2.45) is 0 Å². The second-order valence-corrected chi connectivity index (χ2v) is 11.9. The number of aldehydes is 2. The van der Waals surface area contributed by atoms with Crippen LogP contribution in [0.2, 0.25) is 0 Å². The third-order valence-electron chi connectivity index (χ3n) is 5.51. The molecule has 0 N–H and O–H groups in total. The van der Waals surface area contributed by atoms with Gasteiger partial charge in [-0.2, -0.15) is 0 Å². The molecule has 6 nitrogen and oxygen atoms in total. The molecule has 0 fully saturated rings. The van der Waals surface area contributed by atoms with Crippen LogP contribution in [0.1, 0.15) is 59.5 Å². The Morgan fingerprint density at radius 1 is 0.784 bits per heavy atom. The highest BCUT2D eigenvalue weighted by atomic mass is 79.9. The lowest BCUT2D eigenvalue weighted by atomic mass is 9.76. The van der Waals surface area contributed by atoms with Crippen molar-refractivity contribution in [1.82, 2.24) is 0 Å². The van der Waals surface area contributed by atoms with Crippen LogP contribution in [0.4, 0.5) is 0 Å². The zero-order valence-corrected chi connectivity index (χ0v) is 26.9. The number of carbonyl (C=O) groups is 4. The molecule has 2 rings (SSSR count). The van der Waals surface area contributed by atoms with E-state index in [0.717, 1.165) is 0 Å². The monoisotopic (exact) mass is 760 g/mol. The van der Waals surface area contributed by atoms with Gasteiger partial charge in [0.2, 0.25) is 0 Å². The van der Waals surface area contributed by atoms with Crippen LogP contribution in [0.5, 0.6) is 11.5 Å². The zero-order valence-electron chi connectivity index (χ0n) is 20.6. The van der Waals surface area contributed by atoms with E-state index in [-0.39, 0.29) is 36.3 Å². The fourth-order valence-electron chi connectivity index (χ4n) is 3.64. The van der Waals surface area contributed by atoms with E-state index in [1.54, 1.807) is 26.0 Å². The first-order chi connectivity index (χ1) is 17.2. The number of rotatable bonds is 12. The highest BCUT2D eigenvalue weighted by molar-refractivity contribution is 9.11. The fourth-order valence-corrected chi connectivity index (χ4v) is 6.83. The number of benzene rings is 2. The smallest absolute Gasteiger partial charge is 0.190 e. The van der Waals surface area contributed by atoms with Crippen LogP contribution in [0.3, 0.4) is 0 Å². The van der Waals surface area contributed by atoms with Crippen LogP contribution in [0.15, 0.2) is 54.3 Å². The van der Waals surface area contributed by atoms with Crippen LogP contribution >= 0.6 is 63.7 Å². The Bertz CT molecular complexity index is 1230. The molecule has 0 spiro atoms. The number of ether oxygens (including phenoxy) is 2. The van der Waals surface area contributed by atoms with Gasteiger partial charge in [-0.1, -0.05) is 27.0 Å². The van der Waals surface area contributed by atoms with Gasteiger partial charge in [-0.15, -0.1) is 0 Å². The molecule has 2 aromatic carbocycles. The first kappa shape index (κ1) is 31.3. The summed E-state index contributed by atoms with van der Waals surface area (Å²) < 4.78 is 13.3. The molecule has 0 saturated heterocycles. The number of hydrogen-bond donors (Lipinski definition) is 0. The van der Waals surface area contributed by atoms with Crippen molar-refractivity contribution < 1.29 is 28.7 Å². The topological polar surface area (TPSA) is 86.7 Å². The van der Waals surface area contributed by atoms with Gasteiger partial charge in [0.15, 0.2) is 24.1 Å². The Morgan fingerprint density at radius 2 is 1.11 bits per heavy atom. The van der Waals surface area contributed by atoms with Crippen molar-refractivity contribution in [3.8, 4) is 11.5 Å². The first-order valence-electron chi connectivity index (χ1n) is 10.8. The molecule has 0 unspecified atom stereocenters. The predicted octanol–water partition coefficient (Wildman–Crippen LogP) is 7.74. The van der Waals surface area contributed by atoms with Crippen LogP contribution in [0, 0.1) is 0 Å².